The third-order valence-electron chi connectivity index (χ3n) is 3.45. The van der Waals surface area contributed by atoms with Gasteiger partial charge in [0.15, 0.2) is 5.79 Å². The summed E-state index contributed by atoms with van der Waals surface area (Å²) in [5.41, 5.74) is 0.891. The van der Waals surface area contributed by atoms with Crippen LogP contribution in [0.15, 0.2) is 30.3 Å². The van der Waals surface area contributed by atoms with Crippen molar-refractivity contribution < 1.29 is 13.9 Å². The molecule has 0 atom stereocenters. The van der Waals surface area contributed by atoms with E-state index in [9.17, 15) is 9.18 Å². The smallest absolute Gasteiger partial charge is 0.412 e. The number of ether oxygens (including phenoxy) is 1. The summed E-state index contributed by atoms with van der Waals surface area (Å²) in [5, 5.41) is 3.07. The molecule has 0 radical (unpaired) electrons. The molecule has 0 unspecified atom stereocenters. The molecule has 5 heteroatoms. The molecule has 1 saturated heterocycles. The van der Waals surface area contributed by atoms with Crippen molar-refractivity contribution in [2.45, 2.75) is 25.2 Å². The van der Waals surface area contributed by atoms with Gasteiger partial charge in [-0.1, -0.05) is 30.3 Å². The number of carbonyl (C=O) groups excluding carboxylic acids is 1. The first-order valence-corrected chi connectivity index (χ1v) is 6.46. The van der Waals surface area contributed by atoms with E-state index >= 15 is 0 Å². The minimum absolute atomic E-state index is 0.165. The number of nitrogens with one attached hydrogen (secondary N) is 1. The third-order valence-corrected chi connectivity index (χ3v) is 3.45. The fourth-order valence-electron chi connectivity index (χ4n) is 2.12. The number of alkyl halides is 1. The van der Waals surface area contributed by atoms with Crippen LogP contribution in [0.25, 0.3) is 0 Å². The maximum atomic E-state index is 14.5. The van der Waals surface area contributed by atoms with Gasteiger partial charge in [0.2, 0.25) is 0 Å². The van der Waals surface area contributed by atoms with Crippen molar-refractivity contribution in [1.82, 2.24) is 10.2 Å². The number of hydrogen-bond acceptors (Lipinski definition) is 3. The minimum Gasteiger partial charge on any atom is -0.444 e. The highest BCUT2D eigenvalue weighted by molar-refractivity contribution is 5.68. The van der Waals surface area contributed by atoms with Crippen molar-refractivity contribution in [3.63, 3.8) is 0 Å². The lowest BCUT2D eigenvalue weighted by atomic mass is 10.0. The monoisotopic (exact) mass is 266 g/mol. The average molecular weight is 266 g/mol. The van der Waals surface area contributed by atoms with Gasteiger partial charge in [0.05, 0.1) is 0 Å². The van der Waals surface area contributed by atoms with Crippen molar-refractivity contribution in [3.05, 3.63) is 35.9 Å². The molecule has 1 aliphatic heterocycles. The summed E-state index contributed by atoms with van der Waals surface area (Å²) < 4.78 is 19.7. The van der Waals surface area contributed by atoms with E-state index in [-0.39, 0.29) is 6.61 Å². The largest absolute Gasteiger partial charge is 0.444 e. The zero-order valence-corrected chi connectivity index (χ0v) is 11.1. The van der Waals surface area contributed by atoms with Crippen LogP contribution in [-0.2, 0) is 11.3 Å². The van der Waals surface area contributed by atoms with E-state index in [2.05, 4.69) is 5.32 Å². The normalized spacial score (nSPS) is 17.8. The molecule has 19 heavy (non-hydrogen) atoms. The van der Waals surface area contributed by atoms with E-state index in [1.165, 1.54) is 7.05 Å². The van der Waals surface area contributed by atoms with E-state index in [0.29, 0.717) is 25.9 Å². The van der Waals surface area contributed by atoms with Crippen molar-refractivity contribution in [1.29, 1.82) is 0 Å². The minimum atomic E-state index is -1.60. The molecule has 104 valence electrons. The van der Waals surface area contributed by atoms with Crippen molar-refractivity contribution in [2.75, 3.05) is 20.1 Å². The highest BCUT2D eigenvalue weighted by Crippen LogP contribution is 2.27. The molecule has 2 rings (SSSR count). The number of carbonyl (C=O) groups is 1. The van der Waals surface area contributed by atoms with E-state index in [1.807, 2.05) is 30.3 Å². The van der Waals surface area contributed by atoms with Gasteiger partial charge in [-0.2, -0.15) is 0 Å². The molecule has 0 spiro atoms. The summed E-state index contributed by atoms with van der Waals surface area (Å²) in [6.45, 7) is 1.32. The van der Waals surface area contributed by atoms with Crippen LogP contribution < -0.4 is 5.32 Å². The molecule has 1 heterocycles. The Labute approximate surface area is 112 Å². The van der Waals surface area contributed by atoms with Gasteiger partial charge < -0.3 is 10.1 Å². The zero-order chi connectivity index (χ0) is 13.7. The molecule has 0 saturated carbocycles. The Morgan fingerprint density at radius 2 is 2.00 bits per heavy atom. The van der Waals surface area contributed by atoms with E-state index < -0.39 is 11.9 Å². The summed E-state index contributed by atoms with van der Waals surface area (Å²) in [6, 6.07) is 9.36. The first kappa shape index (κ1) is 13.8. The lowest BCUT2D eigenvalue weighted by Gasteiger charge is -2.37. The Morgan fingerprint density at radius 1 is 1.37 bits per heavy atom. The summed E-state index contributed by atoms with van der Waals surface area (Å²) >= 11 is 0. The van der Waals surface area contributed by atoms with Crippen LogP contribution in [-0.4, -0.2) is 36.9 Å². The van der Waals surface area contributed by atoms with Gasteiger partial charge in [0.25, 0.3) is 0 Å². The van der Waals surface area contributed by atoms with Crippen LogP contribution >= 0.6 is 0 Å². The van der Waals surface area contributed by atoms with Crippen LogP contribution in [0, 0.1) is 0 Å². The number of piperidine rings is 1. The number of nitrogens with zero attached hydrogens (tertiary/aromatic N) is 1. The maximum Gasteiger partial charge on any atom is 0.412 e. The molecular weight excluding hydrogens is 247 g/mol. The van der Waals surface area contributed by atoms with E-state index in [0.717, 1.165) is 10.5 Å². The topological polar surface area (TPSA) is 41.6 Å². The molecular formula is C14H19FN2O2. The number of rotatable bonds is 3. The molecule has 1 aromatic carbocycles. The molecule has 1 N–H and O–H groups in total. The zero-order valence-electron chi connectivity index (χ0n) is 11.1. The van der Waals surface area contributed by atoms with Crippen molar-refractivity contribution >= 4 is 6.09 Å². The Morgan fingerprint density at radius 3 is 2.63 bits per heavy atom. The molecule has 0 bridgehead atoms. The predicted molar refractivity (Wildman–Crippen MR) is 70.3 cm³/mol. The Kier molecular flexibility index (Phi) is 4.37. The van der Waals surface area contributed by atoms with Gasteiger partial charge in [0.1, 0.15) is 6.61 Å². The van der Waals surface area contributed by atoms with E-state index in [1.54, 1.807) is 0 Å². The van der Waals surface area contributed by atoms with Gasteiger partial charge >= 0.3 is 6.09 Å². The number of halogens is 1. The molecule has 1 fully saturated rings. The molecule has 4 nitrogen and oxygen atoms in total. The molecule has 1 amide bonds. The highest BCUT2D eigenvalue weighted by atomic mass is 19.1. The van der Waals surface area contributed by atoms with E-state index in [4.69, 9.17) is 4.74 Å². The SMILES string of the molecule is CN(C(=O)OCc1ccccc1)C1(F)CCNCC1. The van der Waals surface area contributed by atoms with Crippen LogP contribution in [0.3, 0.4) is 0 Å². The third kappa shape index (κ3) is 3.44. The molecule has 0 aromatic heterocycles. The highest BCUT2D eigenvalue weighted by Gasteiger charge is 2.39. The second-order valence-electron chi connectivity index (χ2n) is 4.77. The fraction of sp³-hybridized carbons (Fsp3) is 0.500. The van der Waals surface area contributed by atoms with Gasteiger partial charge in [-0.3, -0.25) is 4.90 Å². The predicted octanol–water partition coefficient (Wildman–Crippen LogP) is 2.30. The van der Waals surface area contributed by atoms with Crippen LogP contribution in [0.4, 0.5) is 9.18 Å². The summed E-state index contributed by atoms with van der Waals surface area (Å²) in [6.07, 6.45) is -0.0262. The first-order chi connectivity index (χ1) is 9.12. The fourth-order valence-corrected chi connectivity index (χ4v) is 2.12. The quantitative estimate of drug-likeness (QED) is 0.854. The summed E-state index contributed by atoms with van der Waals surface area (Å²) in [7, 11) is 1.46. The molecule has 0 aliphatic carbocycles. The van der Waals surface area contributed by atoms with Crippen molar-refractivity contribution in [2.24, 2.45) is 0 Å². The van der Waals surface area contributed by atoms with Crippen LogP contribution in [0.5, 0.6) is 0 Å². The van der Waals surface area contributed by atoms with Gasteiger partial charge in [-0.25, -0.2) is 9.18 Å². The number of hydrogen-bond donors (Lipinski definition) is 1. The maximum absolute atomic E-state index is 14.5. The first-order valence-electron chi connectivity index (χ1n) is 6.46. The Hall–Kier alpha value is -1.62. The number of amides is 1. The average Bonchev–Trinajstić information content (AvgIpc) is 2.46. The van der Waals surface area contributed by atoms with Gasteiger partial charge in [0, 0.05) is 33.0 Å². The Balaban J connectivity index is 1.88. The summed E-state index contributed by atoms with van der Waals surface area (Å²) in [4.78, 5) is 12.9. The number of benzene rings is 1. The van der Waals surface area contributed by atoms with Gasteiger partial charge in [-0.05, 0) is 5.56 Å². The molecule has 1 aliphatic rings. The van der Waals surface area contributed by atoms with Gasteiger partial charge in [-0.15, -0.1) is 0 Å². The Bertz CT molecular complexity index is 419. The lowest BCUT2D eigenvalue weighted by molar-refractivity contribution is -0.0382. The lowest BCUT2D eigenvalue weighted by Crippen LogP contribution is -2.52. The standard InChI is InChI=1S/C14H19FN2O2/c1-17(14(15)7-9-16-10-8-14)13(18)19-11-12-5-3-2-4-6-12/h2-6,16H,7-11H2,1H3. The molecule has 1 aromatic rings. The van der Waals surface area contributed by atoms with Crippen LogP contribution in [0.2, 0.25) is 0 Å². The van der Waals surface area contributed by atoms with Crippen LogP contribution in [0.1, 0.15) is 18.4 Å². The second kappa shape index (κ2) is 6.02. The van der Waals surface area contributed by atoms with Crippen molar-refractivity contribution in [3.8, 4) is 0 Å². The second-order valence-corrected chi connectivity index (χ2v) is 4.77. The summed E-state index contributed by atoms with van der Waals surface area (Å²) in [5.74, 6) is -1.60.